The summed E-state index contributed by atoms with van der Waals surface area (Å²) in [7, 11) is 0. The van der Waals surface area contributed by atoms with Crippen LogP contribution in [0.3, 0.4) is 0 Å². The van der Waals surface area contributed by atoms with Crippen molar-refractivity contribution in [1.29, 1.82) is 0 Å². The first-order chi connectivity index (χ1) is 14.3. The van der Waals surface area contributed by atoms with E-state index in [0.29, 0.717) is 17.2 Å². The molecule has 0 spiro atoms. The first-order valence-corrected chi connectivity index (χ1v) is 10.2. The minimum absolute atomic E-state index is 0.292. The molecule has 30 heavy (non-hydrogen) atoms. The van der Waals surface area contributed by atoms with E-state index in [2.05, 4.69) is 4.98 Å². The van der Waals surface area contributed by atoms with Crippen molar-refractivity contribution in [3.8, 4) is 17.0 Å². The fourth-order valence-electron chi connectivity index (χ4n) is 2.98. The van der Waals surface area contributed by atoms with E-state index in [1.54, 1.807) is 30.7 Å². The van der Waals surface area contributed by atoms with E-state index in [4.69, 9.17) is 23.4 Å². The standard InChI is InChI=1S/C20H21NO8S/c1-11(22)26-17-10-30-20(19(28-13(3)24)18(17)27-12(2)23)29-15-4-5-16(21-8-15)14-6-7-25-9-14/h4-9,17-20H,10H2,1-3H3/t17-,18+,19-,20-/m1/s1. The van der Waals surface area contributed by atoms with Crippen molar-refractivity contribution >= 4 is 29.7 Å². The first-order valence-electron chi connectivity index (χ1n) is 9.12. The van der Waals surface area contributed by atoms with Crippen molar-refractivity contribution in [2.75, 3.05) is 5.75 Å². The summed E-state index contributed by atoms with van der Waals surface area (Å²) >= 11 is 1.28. The lowest BCUT2D eigenvalue weighted by molar-refractivity contribution is -0.186. The van der Waals surface area contributed by atoms with Crippen molar-refractivity contribution in [3.63, 3.8) is 0 Å². The van der Waals surface area contributed by atoms with Gasteiger partial charge in [-0.1, -0.05) is 0 Å². The van der Waals surface area contributed by atoms with Crippen LogP contribution in [0.4, 0.5) is 0 Å². The third kappa shape index (κ3) is 5.53. The van der Waals surface area contributed by atoms with Gasteiger partial charge >= 0.3 is 17.9 Å². The van der Waals surface area contributed by atoms with Crippen LogP contribution in [-0.4, -0.2) is 52.4 Å². The average Bonchev–Trinajstić information content (AvgIpc) is 3.20. The van der Waals surface area contributed by atoms with E-state index in [1.165, 1.54) is 38.7 Å². The molecule has 160 valence electrons. The van der Waals surface area contributed by atoms with Crippen LogP contribution in [-0.2, 0) is 28.6 Å². The van der Waals surface area contributed by atoms with Crippen LogP contribution >= 0.6 is 11.8 Å². The summed E-state index contributed by atoms with van der Waals surface area (Å²) in [6.45, 7) is 3.72. The maximum absolute atomic E-state index is 11.7. The number of hydrogen-bond acceptors (Lipinski definition) is 10. The number of thioether (sulfide) groups is 1. The van der Waals surface area contributed by atoms with E-state index in [9.17, 15) is 14.4 Å². The highest BCUT2D eigenvalue weighted by molar-refractivity contribution is 7.99. The molecule has 9 nitrogen and oxygen atoms in total. The molecule has 3 heterocycles. The highest BCUT2D eigenvalue weighted by Gasteiger charge is 2.47. The van der Waals surface area contributed by atoms with Crippen LogP contribution in [0.5, 0.6) is 5.75 Å². The second kappa shape index (κ2) is 9.66. The largest absolute Gasteiger partial charge is 0.474 e. The van der Waals surface area contributed by atoms with Crippen molar-refractivity contribution in [3.05, 3.63) is 36.9 Å². The zero-order chi connectivity index (χ0) is 21.7. The summed E-state index contributed by atoms with van der Waals surface area (Å²) in [5.41, 5.74) is 0.828. The zero-order valence-electron chi connectivity index (χ0n) is 16.6. The Morgan fingerprint density at radius 3 is 2.27 bits per heavy atom. The van der Waals surface area contributed by atoms with Crippen LogP contribution in [0.2, 0.25) is 0 Å². The predicted molar refractivity (Wildman–Crippen MR) is 105 cm³/mol. The predicted octanol–water partition coefficient (Wildman–Crippen LogP) is 2.59. The monoisotopic (exact) mass is 435 g/mol. The highest BCUT2D eigenvalue weighted by Crippen LogP contribution is 2.34. The average molecular weight is 435 g/mol. The Labute approximate surface area is 177 Å². The maximum atomic E-state index is 11.7. The first kappa shape index (κ1) is 21.7. The quantitative estimate of drug-likeness (QED) is 0.495. The molecule has 2 aromatic rings. The number of carbonyl (C=O) groups excluding carboxylic acids is 3. The lowest BCUT2D eigenvalue weighted by atomic mass is 10.1. The number of aromatic nitrogens is 1. The third-order valence-electron chi connectivity index (χ3n) is 4.11. The van der Waals surface area contributed by atoms with E-state index in [0.717, 1.165) is 5.56 Å². The molecule has 0 unspecified atom stereocenters. The van der Waals surface area contributed by atoms with Gasteiger partial charge in [-0.2, -0.15) is 0 Å². The molecule has 0 aliphatic carbocycles. The van der Waals surface area contributed by atoms with Gasteiger partial charge in [-0.25, -0.2) is 0 Å². The molecule has 0 amide bonds. The van der Waals surface area contributed by atoms with Gasteiger partial charge in [0.1, 0.15) is 5.75 Å². The van der Waals surface area contributed by atoms with E-state index >= 15 is 0 Å². The van der Waals surface area contributed by atoms with Crippen molar-refractivity contribution in [1.82, 2.24) is 4.98 Å². The van der Waals surface area contributed by atoms with Crippen LogP contribution in [0.1, 0.15) is 20.8 Å². The second-order valence-corrected chi connectivity index (χ2v) is 7.64. The van der Waals surface area contributed by atoms with Gasteiger partial charge < -0.3 is 23.4 Å². The Bertz CT molecular complexity index is 883. The fourth-order valence-corrected chi connectivity index (χ4v) is 4.19. The Kier molecular flexibility index (Phi) is 6.99. The van der Waals surface area contributed by atoms with Gasteiger partial charge in [0.25, 0.3) is 0 Å². The van der Waals surface area contributed by atoms with Crippen LogP contribution in [0.15, 0.2) is 41.3 Å². The van der Waals surface area contributed by atoms with Gasteiger partial charge in [0, 0.05) is 32.1 Å². The van der Waals surface area contributed by atoms with Crippen molar-refractivity contribution in [2.45, 2.75) is 44.5 Å². The minimum Gasteiger partial charge on any atom is -0.474 e. The summed E-state index contributed by atoms with van der Waals surface area (Å²) in [6.07, 6.45) is 1.91. The molecule has 0 aromatic carbocycles. The molecule has 4 atom stereocenters. The zero-order valence-corrected chi connectivity index (χ0v) is 17.4. The molecule has 1 saturated heterocycles. The Morgan fingerprint density at radius 1 is 1.00 bits per heavy atom. The van der Waals surface area contributed by atoms with Crippen LogP contribution in [0, 0.1) is 0 Å². The lowest BCUT2D eigenvalue weighted by Gasteiger charge is -2.39. The van der Waals surface area contributed by atoms with Gasteiger partial charge in [-0.05, 0) is 18.2 Å². The summed E-state index contributed by atoms with van der Waals surface area (Å²) in [4.78, 5) is 39.1. The highest BCUT2D eigenvalue weighted by atomic mass is 32.2. The van der Waals surface area contributed by atoms with Crippen LogP contribution in [0.25, 0.3) is 11.3 Å². The Balaban J connectivity index is 1.80. The molecule has 1 aliphatic rings. The molecular weight excluding hydrogens is 414 g/mol. The number of carbonyl (C=O) groups is 3. The summed E-state index contributed by atoms with van der Waals surface area (Å²) < 4.78 is 27.0. The fraction of sp³-hybridized carbons (Fsp3) is 0.400. The molecule has 1 fully saturated rings. The number of esters is 3. The molecule has 0 saturated carbocycles. The molecule has 2 aromatic heterocycles. The van der Waals surface area contributed by atoms with Gasteiger partial charge in [0.15, 0.2) is 23.7 Å². The number of pyridine rings is 1. The van der Waals surface area contributed by atoms with E-state index < -0.39 is 41.7 Å². The van der Waals surface area contributed by atoms with Gasteiger partial charge in [-0.3, -0.25) is 19.4 Å². The summed E-state index contributed by atoms with van der Waals surface area (Å²) in [5.74, 6) is -0.975. The van der Waals surface area contributed by atoms with Crippen molar-refractivity contribution < 1.29 is 37.7 Å². The maximum Gasteiger partial charge on any atom is 0.303 e. The van der Waals surface area contributed by atoms with E-state index in [-0.39, 0.29) is 0 Å². The van der Waals surface area contributed by atoms with E-state index in [1.807, 2.05) is 0 Å². The number of furan rings is 1. The molecule has 3 rings (SSSR count). The lowest BCUT2D eigenvalue weighted by Crippen LogP contribution is -2.55. The number of ether oxygens (including phenoxy) is 4. The van der Waals surface area contributed by atoms with Gasteiger partial charge in [0.05, 0.1) is 24.4 Å². The SMILES string of the molecule is CC(=O)O[C@@H]1[C@@H](OC(C)=O)[C@H](OC(C)=O)CS[C@H]1Oc1ccc(-c2ccoc2)nc1. The molecule has 0 N–H and O–H groups in total. The minimum atomic E-state index is -1.00. The molecule has 1 aliphatic heterocycles. The van der Waals surface area contributed by atoms with Crippen molar-refractivity contribution in [2.24, 2.45) is 0 Å². The summed E-state index contributed by atoms with van der Waals surface area (Å²) in [6, 6.07) is 5.27. The van der Waals surface area contributed by atoms with Gasteiger partial charge in [-0.15, -0.1) is 11.8 Å². The normalized spacial score (nSPS) is 23.3. The van der Waals surface area contributed by atoms with Gasteiger partial charge in [0.2, 0.25) is 0 Å². The van der Waals surface area contributed by atoms with Crippen LogP contribution < -0.4 is 4.74 Å². The Morgan fingerprint density at radius 2 is 1.70 bits per heavy atom. The number of nitrogens with zero attached hydrogens (tertiary/aromatic N) is 1. The topological polar surface area (TPSA) is 114 Å². The smallest absolute Gasteiger partial charge is 0.303 e. The Hall–Kier alpha value is -3.01. The molecule has 10 heteroatoms. The molecule has 0 bridgehead atoms. The summed E-state index contributed by atoms with van der Waals surface area (Å²) in [5, 5.41) is 0. The third-order valence-corrected chi connectivity index (χ3v) is 5.32. The number of rotatable bonds is 6. The number of hydrogen-bond donors (Lipinski definition) is 0. The molecule has 0 radical (unpaired) electrons. The molecular formula is C20H21NO8S. The second-order valence-electron chi connectivity index (χ2n) is 6.51.